The van der Waals surface area contributed by atoms with Gasteiger partial charge in [-0.25, -0.2) is 9.97 Å². The standard InChI is InChI=1S/C9H12N3O/c1-8-6-9(11-7-10-8)12-2-4-13-5-3-12/h6H,2-5H2,1H3. The highest BCUT2D eigenvalue weighted by Crippen LogP contribution is 2.11. The first-order chi connectivity index (χ1) is 6.36. The molecule has 1 fully saturated rings. The van der Waals surface area contributed by atoms with Gasteiger partial charge in [0.2, 0.25) is 0 Å². The Labute approximate surface area is 77.6 Å². The molecule has 1 aromatic heterocycles. The number of nitrogens with zero attached hydrogens (tertiary/aromatic N) is 3. The van der Waals surface area contributed by atoms with Gasteiger partial charge in [-0.15, -0.1) is 0 Å². The number of aromatic nitrogens is 2. The summed E-state index contributed by atoms with van der Waals surface area (Å²) in [6.45, 7) is 5.32. The van der Waals surface area contributed by atoms with Crippen molar-refractivity contribution in [3.8, 4) is 0 Å². The Kier molecular flexibility index (Phi) is 2.40. The third kappa shape index (κ3) is 1.95. The fourth-order valence-electron chi connectivity index (χ4n) is 1.36. The molecule has 0 saturated carbocycles. The highest BCUT2D eigenvalue weighted by atomic mass is 16.5. The van der Waals surface area contributed by atoms with Crippen molar-refractivity contribution in [2.75, 3.05) is 31.2 Å². The van der Waals surface area contributed by atoms with Crippen molar-refractivity contribution in [1.29, 1.82) is 0 Å². The predicted octanol–water partition coefficient (Wildman–Crippen LogP) is 0.422. The molecule has 1 aliphatic rings. The lowest BCUT2D eigenvalue weighted by Gasteiger charge is -2.27. The van der Waals surface area contributed by atoms with Crippen LogP contribution in [-0.2, 0) is 4.74 Å². The zero-order valence-corrected chi connectivity index (χ0v) is 7.66. The van der Waals surface area contributed by atoms with Crippen LogP contribution in [-0.4, -0.2) is 36.3 Å². The van der Waals surface area contributed by atoms with Crippen LogP contribution < -0.4 is 4.90 Å². The number of hydrogen-bond acceptors (Lipinski definition) is 4. The van der Waals surface area contributed by atoms with Gasteiger partial charge in [0.05, 0.1) is 13.2 Å². The molecule has 0 atom stereocenters. The van der Waals surface area contributed by atoms with Gasteiger partial charge in [0, 0.05) is 24.8 Å². The van der Waals surface area contributed by atoms with Gasteiger partial charge >= 0.3 is 0 Å². The zero-order valence-electron chi connectivity index (χ0n) is 7.66. The molecule has 0 unspecified atom stereocenters. The predicted molar refractivity (Wildman–Crippen MR) is 48.6 cm³/mol. The Morgan fingerprint density at radius 3 is 2.85 bits per heavy atom. The van der Waals surface area contributed by atoms with Gasteiger partial charge in [-0.05, 0) is 6.92 Å². The number of hydrogen-bond donors (Lipinski definition) is 0. The molecule has 0 aromatic carbocycles. The number of ether oxygens (including phenoxy) is 1. The largest absolute Gasteiger partial charge is 0.378 e. The summed E-state index contributed by atoms with van der Waals surface area (Å²) in [5.74, 6) is 0.954. The summed E-state index contributed by atoms with van der Waals surface area (Å²) in [6.07, 6.45) is 2.64. The minimum absolute atomic E-state index is 0.781. The van der Waals surface area contributed by atoms with Crippen molar-refractivity contribution in [3.63, 3.8) is 0 Å². The Hall–Kier alpha value is -1.16. The van der Waals surface area contributed by atoms with Crippen molar-refractivity contribution in [2.45, 2.75) is 6.92 Å². The Balaban J connectivity index is 2.14. The van der Waals surface area contributed by atoms with E-state index in [1.807, 2.05) is 13.0 Å². The van der Waals surface area contributed by atoms with Crippen molar-refractivity contribution < 1.29 is 4.74 Å². The van der Waals surface area contributed by atoms with E-state index in [-0.39, 0.29) is 0 Å². The summed E-state index contributed by atoms with van der Waals surface area (Å²) in [6, 6.07) is 1.97. The van der Waals surface area contributed by atoms with Gasteiger partial charge in [-0.3, -0.25) is 0 Å². The molecule has 4 nitrogen and oxygen atoms in total. The minimum Gasteiger partial charge on any atom is -0.378 e. The second kappa shape index (κ2) is 3.70. The maximum atomic E-state index is 5.26. The normalized spacial score (nSPS) is 17.5. The van der Waals surface area contributed by atoms with Crippen LogP contribution in [0.25, 0.3) is 0 Å². The number of rotatable bonds is 1. The summed E-state index contributed by atoms with van der Waals surface area (Å²) < 4.78 is 5.26. The highest BCUT2D eigenvalue weighted by Gasteiger charge is 2.11. The van der Waals surface area contributed by atoms with E-state index in [2.05, 4.69) is 21.2 Å². The topological polar surface area (TPSA) is 38.2 Å². The van der Waals surface area contributed by atoms with E-state index in [1.54, 1.807) is 0 Å². The third-order valence-corrected chi connectivity index (χ3v) is 2.06. The zero-order chi connectivity index (χ0) is 9.10. The second-order valence-corrected chi connectivity index (χ2v) is 3.07. The summed E-state index contributed by atoms with van der Waals surface area (Å²) in [7, 11) is 0. The van der Waals surface area contributed by atoms with Crippen molar-refractivity contribution in [1.82, 2.24) is 9.97 Å². The van der Waals surface area contributed by atoms with Gasteiger partial charge in [-0.1, -0.05) is 0 Å². The van der Waals surface area contributed by atoms with Crippen LogP contribution in [0.1, 0.15) is 5.69 Å². The molecule has 2 rings (SSSR count). The summed E-state index contributed by atoms with van der Waals surface area (Å²) in [5, 5.41) is 0. The van der Waals surface area contributed by atoms with E-state index >= 15 is 0 Å². The van der Waals surface area contributed by atoms with Gasteiger partial charge in [0.15, 0.2) is 6.33 Å². The lowest BCUT2D eigenvalue weighted by Crippen LogP contribution is -2.36. The van der Waals surface area contributed by atoms with E-state index in [0.29, 0.717) is 0 Å². The fourth-order valence-corrected chi connectivity index (χ4v) is 1.36. The highest BCUT2D eigenvalue weighted by molar-refractivity contribution is 5.38. The Morgan fingerprint density at radius 2 is 2.15 bits per heavy atom. The lowest BCUT2D eigenvalue weighted by molar-refractivity contribution is 0.122. The quantitative estimate of drug-likeness (QED) is 0.624. The molecule has 1 radical (unpaired) electrons. The van der Waals surface area contributed by atoms with E-state index < -0.39 is 0 Å². The number of aryl methyl sites for hydroxylation is 1. The van der Waals surface area contributed by atoms with E-state index in [0.717, 1.165) is 37.8 Å². The molecule has 0 amide bonds. The number of anilines is 1. The van der Waals surface area contributed by atoms with Crippen LogP contribution >= 0.6 is 0 Å². The molecule has 0 N–H and O–H groups in total. The average molecular weight is 178 g/mol. The van der Waals surface area contributed by atoms with Crippen molar-refractivity contribution in [3.05, 3.63) is 18.1 Å². The van der Waals surface area contributed by atoms with Crippen LogP contribution in [0.15, 0.2) is 6.07 Å². The van der Waals surface area contributed by atoms with Crippen molar-refractivity contribution in [2.24, 2.45) is 0 Å². The van der Waals surface area contributed by atoms with Gasteiger partial charge < -0.3 is 9.64 Å². The van der Waals surface area contributed by atoms with Gasteiger partial charge in [0.25, 0.3) is 0 Å². The molecule has 1 aromatic rings. The van der Waals surface area contributed by atoms with Crippen LogP contribution in [0.4, 0.5) is 5.82 Å². The molecular formula is C9H12N3O. The Morgan fingerprint density at radius 1 is 1.38 bits per heavy atom. The third-order valence-electron chi connectivity index (χ3n) is 2.06. The van der Waals surface area contributed by atoms with Gasteiger partial charge in [0.1, 0.15) is 5.82 Å². The molecule has 0 spiro atoms. The smallest absolute Gasteiger partial charge is 0.200 e. The molecule has 1 aliphatic heterocycles. The summed E-state index contributed by atoms with van der Waals surface area (Å²) >= 11 is 0. The monoisotopic (exact) mass is 178 g/mol. The minimum atomic E-state index is 0.781. The molecule has 4 heteroatoms. The maximum Gasteiger partial charge on any atom is 0.200 e. The first-order valence-corrected chi connectivity index (χ1v) is 4.41. The average Bonchev–Trinajstić information content (AvgIpc) is 2.19. The molecule has 69 valence electrons. The van der Waals surface area contributed by atoms with Crippen molar-refractivity contribution >= 4 is 5.82 Å². The summed E-state index contributed by atoms with van der Waals surface area (Å²) in [4.78, 5) is 10.2. The van der Waals surface area contributed by atoms with Crippen LogP contribution in [0, 0.1) is 13.3 Å². The van der Waals surface area contributed by atoms with Crippen LogP contribution in [0.5, 0.6) is 0 Å². The summed E-state index contributed by atoms with van der Waals surface area (Å²) in [5.41, 5.74) is 0.955. The molecule has 2 heterocycles. The van der Waals surface area contributed by atoms with E-state index in [4.69, 9.17) is 4.74 Å². The van der Waals surface area contributed by atoms with E-state index in [9.17, 15) is 0 Å². The lowest BCUT2D eigenvalue weighted by atomic mass is 10.3. The van der Waals surface area contributed by atoms with Gasteiger partial charge in [-0.2, -0.15) is 0 Å². The first kappa shape index (κ1) is 8.44. The second-order valence-electron chi connectivity index (χ2n) is 3.07. The number of morpholine rings is 1. The SMILES string of the molecule is Cc1cc(N2CCOCC2)n[c]n1. The Bertz CT molecular complexity index is 284. The molecular weight excluding hydrogens is 166 g/mol. The first-order valence-electron chi connectivity index (χ1n) is 4.41. The fraction of sp³-hybridized carbons (Fsp3) is 0.556. The molecule has 1 saturated heterocycles. The maximum absolute atomic E-state index is 5.26. The molecule has 0 aliphatic carbocycles. The van der Waals surface area contributed by atoms with Crippen LogP contribution in [0.2, 0.25) is 0 Å². The van der Waals surface area contributed by atoms with Crippen LogP contribution in [0.3, 0.4) is 0 Å². The molecule has 0 bridgehead atoms. The van der Waals surface area contributed by atoms with E-state index in [1.165, 1.54) is 0 Å². The molecule has 13 heavy (non-hydrogen) atoms.